The summed E-state index contributed by atoms with van der Waals surface area (Å²) in [6.07, 6.45) is 0.364. The molecule has 0 fully saturated rings. The minimum atomic E-state index is -0.0949. The molecule has 1 amide bonds. The van der Waals surface area contributed by atoms with Crippen LogP contribution in [0.1, 0.15) is 29.2 Å². The number of nitrogens with zero attached hydrogens (tertiary/aromatic N) is 2. The summed E-state index contributed by atoms with van der Waals surface area (Å²) in [6.45, 7) is 1.95. The molecule has 6 nitrogen and oxygen atoms in total. The Hall–Kier alpha value is -2.50. The first-order valence-corrected chi connectivity index (χ1v) is 7.10. The number of ether oxygens (including phenoxy) is 2. The van der Waals surface area contributed by atoms with E-state index in [1.807, 2.05) is 32.2 Å². The van der Waals surface area contributed by atoms with Crippen molar-refractivity contribution in [1.29, 1.82) is 0 Å². The number of carbonyl (C=O) groups excluding carboxylic acids is 1. The summed E-state index contributed by atoms with van der Waals surface area (Å²) in [6, 6.07) is 5.65. The van der Waals surface area contributed by atoms with Crippen molar-refractivity contribution in [3.8, 4) is 11.5 Å². The molecule has 2 aromatic rings. The van der Waals surface area contributed by atoms with Crippen molar-refractivity contribution in [1.82, 2.24) is 9.78 Å². The highest BCUT2D eigenvalue weighted by molar-refractivity contribution is 5.94. The molecule has 1 aliphatic heterocycles. The van der Waals surface area contributed by atoms with E-state index in [-0.39, 0.29) is 11.8 Å². The second-order valence-electron chi connectivity index (χ2n) is 5.38. The van der Waals surface area contributed by atoms with Gasteiger partial charge in [0.2, 0.25) is 5.91 Å². The van der Waals surface area contributed by atoms with Gasteiger partial charge in [-0.1, -0.05) is 0 Å². The Balaban J connectivity index is 2.19. The normalized spacial score (nSPS) is 16.9. The molecule has 1 aromatic heterocycles. The zero-order valence-electron chi connectivity index (χ0n) is 13.1. The van der Waals surface area contributed by atoms with Crippen LogP contribution in [-0.4, -0.2) is 29.9 Å². The molecule has 1 atom stereocenters. The fraction of sp³-hybridized carbons (Fsp3) is 0.375. The lowest BCUT2D eigenvalue weighted by molar-refractivity contribution is -0.116. The lowest BCUT2D eigenvalue weighted by atomic mass is 9.85. The molecule has 0 bridgehead atoms. The summed E-state index contributed by atoms with van der Waals surface area (Å²) < 4.78 is 12.5. The molecule has 1 unspecified atom stereocenters. The molecule has 3 rings (SSSR count). The zero-order chi connectivity index (χ0) is 15.9. The number of anilines is 1. The van der Waals surface area contributed by atoms with Gasteiger partial charge in [0.25, 0.3) is 0 Å². The predicted molar refractivity (Wildman–Crippen MR) is 82.6 cm³/mol. The summed E-state index contributed by atoms with van der Waals surface area (Å²) in [7, 11) is 5.09. The van der Waals surface area contributed by atoms with Crippen LogP contribution in [0.25, 0.3) is 0 Å². The van der Waals surface area contributed by atoms with Crippen molar-refractivity contribution in [3.63, 3.8) is 0 Å². The molecule has 0 radical (unpaired) electrons. The van der Waals surface area contributed by atoms with Crippen LogP contribution < -0.4 is 14.8 Å². The van der Waals surface area contributed by atoms with Gasteiger partial charge in [-0.3, -0.25) is 9.48 Å². The fourth-order valence-corrected chi connectivity index (χ4v) is 3.09. The Kier molecular flexibility index (Phi) is 3.52. The largest absolute Gasteiger partial charge is 0.497 e. The molecule has 0 saturated heterocycles. The van der Waals surface area contributed by atoms with Crippen molar-refractivity contribution in [2.45, 2.75) is 19.3 Å². The van der Waals surface area contributed by atoms with E-state index in [0.29, 0.717) is 6.42 Å². The van der Waals surface area contributed by atoms with Crippen molar-refractivity contribution in [3.05, 3.63) is 35.0 Å². The molecule has 6 heteroatoms. The lowest BCUT2D eigenvalue weighted by Crippen LogP contribution is -2.25. The third-order valence-corrected chi connectivity index (χ3v) is 4.08. The van der Waals surface area contributed by atoms with E-state index in [2.05, 4.69) is 10.4 Å². The lowest BCUT2D eigenvalue weighted by Gasteiger charge is -2.25. The highest BCUT2D eigenvalue weighted by Crippen LogP contribution is 2.43. The first kappa shape index (κ1) is 14.4. The summed E-state index contributed by atoms with van der Waals surface area (Å²) in [4.78, 5) is 12.1. The van der Waals surface area contributed by atoms with E-state index in [0.717, 1.165) is 34.1 Å². The van der Waals surface area contributed by atoms with Crippen molar-refractivity contribution < 1.29 is 14.3 Å². The summed E-state index contributed by atoms with van der Waals surface area (Å²) in [5.41, 5.74) is 2.88. The summed E-state index contributed by atoms with van der Waals surface area (Å²) in [5.74, 6) is 2.12. The first-order chi connectivity index (χ1) is 10.5. The zero-order valence-corrected chi connectivity index (χ0v) is 13.1. The summed E-state index contributed by atoms with van der Waals surface area (Å²) >= 11 is 0. The average Bonchev–Trinajstić information content (AvgIpc) is 2.80. The van der Waals surface area contributed by atoms with Gasteiger partial charge in [-0.05, 0) is 25.1 Å². The number of hydrogen-bond donors (Lipinski definition) is 1. The third-order valence-electron chi connectivity index (χ3n) is 4.08. The molecule has 2 heterocycles. The van der Waals surface area contributed by atoms with Crippen molar-refractivity contribution in [2.24, 2.45) is 7.05 Å². The number of amides is 1. The van der Waals surface area contributed by atoms with Gasteiger partial charge in [0.05, 0.1) is 19.9 Å². The Morgan fingerprint density at radius 2 is 2.09 bits per heavy atom. The number of methoxy groups -OCH3 is 2. The first-order valence-electron chi connectivity index (χ1n) is 7.10. The van der Waals surface area contributed by atoms with Crippen LogP contribution in [0.2, 0.25) is 0 Å². The molecule has 1 aliphatic rings. The Bertz CT molecular complexity index is 736. The van der Waals surface area contributed by atoms with E-state index >= 15 is 0 Å². The standard InChI is InChI=1S/C16H19N3O3/c1-9-15-12(8-14(20)17-16(15)19(2)18-9)11-7-10(21-3)5-6-13(11)22-4/h5-7,12H,8H2,1-4H3,(H,17,20). The highest BCUT2D eigenvalue weighted by Gasteiger charge is 2.33. The van der Waals surface area contributed by atoms with Gasteiger partial charge in [-0.15, -0.1) is 0 Å². The molecule has 0 aliphatic carbocycles. The van der Waals surface area contributed by atoms with Gasteiger partial charge in [-0.25, -0.2) is 0 Å². The van der Waals surface area contributed by atoms with Crippen LogP contribution in [0.4, 0.5) is 5.82 Å². The maximum Gasteiger partial charge on any atom is 0.226 e. The third kappa shape index (κ3) is 2.20. The van der Waals surface area contributed by atoms with Crippen LogP contribution in [0, 0.1) is 6.92 Å². The second kappa shape index (κ2) is 5.36. The van der Waals surface area contributed by atoms with E-state index < -0.39 is 0 Å². The molecule has 0 spiro atoms. The summed E-state index contributed by atoms with van der Waals surface area (Å²) in [5, 5.41) is 7.34. The maximum absolute atomic E-state index is 12.1. The predicted octanol–water partition coefficient (Wildman–Crippen LogP) is 2.22. The maximum atomic E-state index is 12.1. The smallest absolute Gasteiger partial charge is 0.226 e. The number of rotatable bonds is 3. The monoisotopic (exact) mass is 301 g/mol. The van der Waals surface area contributed by atoms with Crippen molar-refractivity contribution >= 4 is 11.7 Å². The molecule has 1 N–H and O–H groups in total. The van der Waals surface area contributed by atoms with E-state index in [1.165, 1.54) is 0 Å². The Labute approximate surface area is 129 Å². The number of hydrogen-bond acceptors (Lipinski definition) is 4. The number of benzene rings is 1. The van der Waals surface area contributed by atoms with Gasteiger partial charge in [0.1, 0.15) is 17.3 Å². The second-order valence-corrected chi connectivity index (χ2v) is 5.38. The van der Waals surface area contributed by atoms with E-state index in [4.69, 9.17) is 9.47 Å². The molecule has 1 aromatic carbocycles. The molecule has 116 valence electrons. The van der Waals surface area contributed by atoms with Gasteiger partial charge < -0.3 is 14.8 Å². The number of nitrogens with one attached hydrogen (secondary N) is 1. The molecular formula is C16H19N3O3. The SMILES string of the molecule is COc1ccc(OC)c(C2CC(=O)Nc3c2c(C)nn3C)c1. The quantitative estimate of drug-likeness (QED) is 0.944. The van der Waals surface area contributed by atoms with Crippen LogP contribution in [0.3, 0.4) is 0 Å². The topological polar surface area (TPSA) is 65.4 Å². The van der Waals surface area contributed by atoms with Gasteiger partial charge in [-0.2, -0.15) is 5.10 Å². The van der Waals surface area contributed by atoms with Crippen LogP contribution >= 0.6 is 0 Å². The van der Waals surface area contributed by atoms with Crippen LogP contribution in [-0.2, 0) is 11.8 Å². The van der Waals surface area contributed by atoms with Crippen LogP contribution in [0.5, 0.6) is 11.5 Å². The number of fused-ring (bicyclic) bond motifs is 1. The van der Waals surface area contributed by atoms with Crippen molar-refractivity contribution in [2.75, 3.05) is 19.5 Å². The van der Waals surface area contributed by atoms with Gasteiger partial charge in [0.15, 0.2) is 0 Å². The average molecular weight is 301 g/mol. The minimum Gasteiger partial charge on any atom is -0.497 e. The Morgan fingerprint density at radius 3 is 2.77 bits per heavy atom. The van der Waals surface area contributed by atoms with Gasteiger partial charge >= 0.3 is 0 Å². The molecule has 22 heavy (non-hydrogen) atoms. The number of aromatic nitrogens is 2. The number of carbonyl (C=O) groups is 1. The van der Waals surface area contributed by atoms with Gasteiger partial charge in [0, 0.05) is 30.5 Å². The van der Waals surface area contributed by atoms with E-state index in [1.54, 1.807) is 18.9 Å². The number of aryl methyl sites for hydroxylation is 2. The Morgan fingerprint density at radius 1 is 1.32 bits per heavy atom. The van der Waals surface area contributed by atoms with E-state index in [9.17, 15) is 4.79 Å². The molecular weight excluding hydrogens is 282 g/mol. The molecule has 0 saturated carbocycles. The fourth-order valence-electron chi connectivity index (χ4n) is 3.09. The van der Waals surface area contributed by atoms with Crippen LogP contribution in [0.15, 0.2) is 18.2 Å². The minimum absolute atomic E-state index is 0.0228. The highest BCUT2D eigenvalue weighted by atomic mass is 16.5.